The van der Waals surface area contributed by atoms with Crippen molar-refractivity contribution in [1.82, 2.24) is 0 Å². The molecule has 1 aromatic carbocycles. The number of rotatable bonds is 3. The van der Waals surface area contributed by atoms with Gasteiger partial charge in [0.25, 0.3) is 0 Å². The van der Waals surface area contributed by atoms with E-state index in [-0.39, 0.29) is 12.1 Å². The highest BCUT2D eigenvalue weighted by molar-refractivity contribution is 5.32. The molecule has 1 atom stereocenters. The molecule has 2 nitrogen and oxygen atoms in total. The molecule has 0 bridgehead atoms. The van der Waals surface area contributed by atoms with E-state index >= 15 is 0 Å². The minimum Gasteiger partial charge on any atom is -0.330 e. The van der Waals surface area contributed by atoms with Gasteiger partial charge < -0.3 is 11.5 Å². The van der Waals surface area contributed by atoms with E-state index in [2.05, 4.69) is 0 Å². The second-order valence-electron chi connectivity index (χ2n) is 3.27. The summed E-state index contributed by atoms with van der Waals surface area (Å²) >= 11 is 0. The number of benzene rings is 1. The summed E-state index contributed by atoms with van der Waals surface area (Å²) < 4.78 is 37.7. The van der Waals surface area contributed by atoms with Crippen LogP contribution in [0.15, 0.2) is 24.3 Å². The summed E-state index contributed by atoms with van der Waals surface area (Å²) in [5, 5.41) is 0. The third-order valence-electron chi connectivity index (χ3n) is 2.14. The van der Waals surface area contributed by atoms with Crippen LogP contribution in [0.3, 0.4) is 0 Å². The van der Waals surface area contributed by atoms with Gasteiger partial charge in [0.05, 0.1) is 5.56 Å². The smallest absolute Gasteiger partial charge is 0.330 e. The van der Waals surface area contributed by atoms with Crippen molar-refractivity contribution >= 4 is 0 Å². The Labute approximate surface area is 86.1 Å². The number of nitrogens with two attached hydrogens (primary N) is 2. The van der Waals surface area contributed by atoms with Crippen LogP contribution in [0.5, 0.6) is 0 Å². The van der Waals surface area contributed by atoms with Crippen LogP contribution in [0.25, 0.3) is 0 Å². The molecule has 0 radical (unpaired) electrons. The molecule has 15 heavy (non-hydrogen) atoms. The fraction of sp³-hybridized carbons (Fsp3) is 0.400. The average molecular weight is 218 g/mol. The molecule has 0 spiro atoms. The summed E-state index contributed by atoms with van der Waals surface area (Å²) in [6.45, 7) is 0.271. The molecule has 0 fully saturated rings. The van der Waals surface area contributed by atoms with Crippen molar-refractivity contribution in [3.63, 3.8) is 0 Å². The molecule has 0 saturated heterocycles. The zero-order valence-electron chi connectivity index (χ0n) is 8.09. The molecule has 1 rings (SSSR count). The lowest BCUT2D eigenvalue weighted by Crippen LogP contribution is -2.20. The Bertz CT molecular complexity index is 323. The van der Waals surface area contributed by atoms with Crippen molar-refractivity contribution in [2.75, 3.05) is 6.54 Å². The van der Waals surface area contributed by atoms with E-state index in [0.717, 1.165) is 6.07 Å². The van der Waals surface area contributed by atoms with Gasteiger partial charge in [0.2, 0.25) is 0 Å². The van der Waals surface area contributed by atoms with Crippen LogP contribution >= 0.6 is 0 Å². The van der Waals surface area contributed by atoms with Crippen molar-refractivity contribution in [3.05, 3.63) is 35.4 Å². The molecule has 1 aromatic rings. The van der Waals surface area contributed by atoms with Gasteiger partial charge in [-0.3, -0.25) is 0 Å². The molecule has 0 aliphatic rings. The normalized spacial score (nSPS) is 13.9. The molecular weight excluding hydrogens is 205 g/mol. The van der Waals surface area contributed by atoms with Crippen molar-refractivity contribution in [2.24, 2.45) is 11.5 Å². The lowest BCUT2D eigenvalue weighted by molar-refractivity contribution is -0.138. The summed E-state index contributed by atoms with van der Waals surface area (Å²) in [5.74, 6) is 0. The maximum absolute atomic E-state index is 12.6. The van der Waals surface area contributed by atoms with Gasteiger partial charge in [0.15, 0.2) is 0 Å². The minimum atomic E-state index is -4.36. The molecule has 0 aromatic heterocycles. The van der Waals surface area contributed by atoms with Gasteiger partial charge in [-0.05, 0) is 24.6 Å². The Morgan fingerprint density at radius 1 is 1.20 bits per heavy atom. The van der Waals surface area contributed by atoms with E-state index in [0.29, 0.717) is 6.42 Å². The maximum Gasteiger partial charge on any atom is 0.416 e. The number of halogens is 3. The lowest BCUT2D eigenvalue weighted by Gasteiger charge is -2.17. The summed E-state index contributed by atoms with van der Waals surface area (Å²) in [6, 6.07) is 4.66. The summed E-state index contributed by atoms with van der Waals surface area (Å²) in [4.78, 5) is 0. The number of alkyl halides is 3. The Balaban J connectivity index is 3.06. The zero-order chi connectivity index (χ0) is 11.5. The zero-order valence-corrected chi connectivity index (χ0v) is 8.09. The van der Waals surface area contributed by atoms with E-state index in [4.69, 9.17) is 11.5 Å². The van der Waals surface area contributed by atoms with E-state index in [1.807, 2.05) is 0 Å². The standard InChI is InChI=1S/C10H13F3N2/c11-10(12,13)8-4-2-1-3-7(8)9(15)5-6-14/h1-4,9H,5-6,14-15H2/t9-/m1/s1. The van der Waals surface area contributed by atoms with Gasteiger partial charge in [0.1, 0.15) is 0 Å². The van der Waals surface area contributed by atoms with E-state index in [9.17, 15) is 13.2 Å². The SMILES string of the molecule is NCC[C@@H](N)c1ccccc1C(F)(F)F. The monoisotopic (exact) mass is 218 g/mol. The first kappa shape index (κ1) is 12.0. The van der Waals surface area contributed by atoms with Crippen LogP contribution < -0.4 is 11.5 Å². The first-order valence-electron chi connectivity index (χ1n) is 4.58. The summed E-state index contributed by atoms with van der Waals surface area (Å²) in [7, 11) is 0. The molecular formula is C10H13F3N2. The molecule has 5 heteroatoms. The lowest BCUT2D eigenvalue weighted by atomic mass is 9.98. The third kappa shape index (κ3) is 2.94. The summed E-state index contributed by atoms with van der Waals surface area (Å²) in [5.41, 5.74) is 10.3. The van der Waals surface area contributed by atoms with Crippen molar-refractivity contribution in [3.8, 4) is 0 Å². The van der Waals surface area contributed by atoms with Gasteiger partial charge in [-0.2, -0.15) is 13.2 Å². The van der Waals surface area contributed by atoms with Gasteiger partial charge in [-0.15, -0.1) is 0 Å². The Morgan fingerprint density at radius 2 is 1.80 bits per heavy atom. The van der Waals surface area contributed by atoms with Crippen molar-refractivity contribution < 1.29 is 13.2 Å². The molecule has 84 valence electrons. The highest BCUT2D eigenvalue weighted by atomic mass is 19.4. The Morgan fingerprint density at radius 3 is 2.33 bits per heavy atom. The van der Waals surface area contributed by atoms with Gasteiger partial charge in [-0.25, -0.2) is 0 Å². The van der Waals surface area contributed by atoms with Crippen LogP contribution in [-0.4, -0.2) is 6.54 Å². The highest BCUT2D eigenvalue weighted by Crippen LogP contribution is 2.34. The Hall–Kier alpha value is -1.07. The van der Waals surface area contributed by atoms with Gasteiger partial charge in [0, 0.05) is 6.04 Å². The van der Waals surface area contributed by atoms with Crippen molar-refractivity contribution in [2.45, 2.75) is 18.6 Å². The van der Waals surface area contributed by atoms with E-state index in [1.165, 1.54) is 12.1 Å². The third-order valence-corrected chi connectivity index (χ3v) is 2.14. The van der Waals surface area contributed by atoms with E-state index < -0.39 is 17.8 Å². The van der Waals surface area contributed by atoms with Crippen LogP contribution in [0.4, 0.5) is 13.2 Å². The fourth-order valence-corrected chi connectivity index (χ4v) is 1.41. The largest absolute Gasteiger partial charge is 0.416 e. The number of hydrogen-bond donors (Lipinski definition) is 2. The van der Waals surface area contributed by atoms with Crippen LogP contribution in [0, 0.1) is 0 Å². The van der Waals surface area contributed by atoms with Crippen molar-refractivity contribution in [1.29, 1.82) is 0 Å². The van der Waals surface area contributed by atoms with Crippen LogP contribution in [-0.2, 0) is 6.18 Å². The summed E-state index contributed by atoms with van der Waals surface area (Å²) in [6.07, 6.45) is -4.02. The molecule has 4 N–H and O–H groups in total. The molecule has 0 aliphatic heterocycles. The first-order valence-corrected chi connectivity index (χ1v) is 4.58. The number of hydrogen-bond acceptors (Lipinski definition) is 2. The minimum absolute atomic E-state index is 0.107. The maximum atomic E-state index is 12.6. The quantitative estimate of drug-likeness (QED) is 0.815. The predicted molar refractivity (Wildman–Crippen MR) is 52.0 cm³/mol. The van der Waals surface area contributed by atoms with Gasteiger partial charge in [-0.1, -0.05) is 18.2 Å². The van der Waals surface area contributed by atoms with Gasteiger partial charge >= 0.3 is 6.18 Å². The van der Waals surface area contributed by atoms with Crippen LogP contribution in [0.2, 0.25) is 0 Å². The fourth-order valence-electron chi connectivity index (χ4n) is 1.41. The molecule has 0 unspecified atom stereocenters. The Kier molecular flexibility index (Phi) is 3.71. The second-order valence-corrected chi connectivity index (χ2v) is 3.27. The highest BCUT2D eigenvalue weighted by Gasteiger charge is 2.33. The van der Waals surface area contributed by atoms with E-state index in [1.54, 1.807) is 6.07 Å². The second kappa shape index (κ2) is 4.63. The molecule has 0 amide bonds. The first-order chi connectivity index (χ1) is 6.96. The van der Waals surface area contributed by atoms with Crippen LogP contribution in [0.1, 0.15) is 23.6 Å². The molecule has 0 heterocycles. The topological polar surface area (TPSA) is 52.0 Å². The molecule has 0 aliphatic carbocycles. The molecule has 0 saturated carbocycles. The average Bonchev–Trinajstić information content (AvgIpc) is 2.17. The predicted octanol–water partition coefficient (Wildman–Crippen LogP) is 2.05.